The van der Waals surface area contributed by atoms with E-state index in [0.717, 1.165) is 11.5 Å². The zero-order valence-electron chi connectivity index (χ0n) is 13.7. The number of fused-ring (bicyclic) bond motifs is 1. The second-order valence-electron chi connectivity index (χ2n) is 7.04. The predicted molar refractivity (Wildman–Crippen MR) is 92.1 cm³/mol. The van der Waals surface area contributed by atoms with Crippen LogP contribution in [0.4, 0.5) is 11.5 Å². The largest absolute Gasteiger partial charge is 0.355 e. The van der Waals surface area contributed by atoms with Crippen molar-refractivity contribution in [3.05, 3.63) is 48.4 Å². The van der Waals surface area contributed by atoms with Gasteiger partial charge in [0.2, 0.25) is 11.8 Å². The van der Waals surface area contributed by atoms with Crippen molar-refractivity contribution < 1.29 is 9.59 Å². The van der Waals surface area contributed by atoms with Crippen LogP contribution in [-0.4, -0.2) is 34.9 Å². The van der Waals surface area contributed by atoms with Gasteiger partial charge in [-0.3, -0.25) is 9.59 Å². The third-order valence-electron chi connectivity index (χ3n) is 5.40. The van der Waals surface area contributed by atoms with E-state index in [1.54, 1.807) is 18.5 Å². The first-order valence-electron chi connectivity index (χ1n) is 8.72. The first-order chi connectivity index (χ1) is 12.2. The van der Waals surface area contributed by atoms with Crippen LogP contribution < -0.4 is 9.80 Å². The number of hydrogen-bond acceptors (Lipinski definition) is 5. The molecule has 2 amide bonds. The van der Waals surface area contributed by atoms with Crippen LogP contribution in [0.1, 0.15) is 24.5 Å². The summed E-state index contributed by atoms with van der Waals surface area (Å²) in [5.74, 6) is 0.623. The number of hydrogen-bond donors (Lipinski definition) is 0. The summed E-state index contributed by atoms with van der Waals surface area (Å²) in [6.45, 7) is 1.08. The van der Waals surface area contributed by atoms with Crippen molar-refractivity contribution in [1.82, 2.24) is 9.97 Å². The molecule has 25 heavy (non-hydrogen) atoms. The Labute approximate surface area is 145 Å². The summed E-state index contributed by atoms with van der Waals surface area (Å²) in [5.41, 5.74) is 1.74. The lowest BCUT2D eigenvalue weighted by Crippen LogP contribution is -2.36. The normalized spacial score (nSPS) is 25.6. The second kappa shape index (κ2) is 5.37. The summed E-state index contributed by atoms with van der Waals surface area (Å²) in [7, 11) is 0. The minimum Gasteiger partial charge on any atom is -0.355 e. The van der Waals surface area contributed by atoms with E-state index >= 15 is 0 Å². The summed E-state index contributed by atoms with van der Waals surface area (Å²) >= 11 is 0. The highest BCUT2D eigenvalue weighted by molar-refractivity contribution is 6.22. The number of anilines is 2. The molecule has 2 saturated heterocycles. The molecule has 3 heterocycles. The van der Waals surface area contributed by atoms with E-state index in [1.807, 2.05) is 24.3 Å². The van der Waals surface area contributed by atoms with Gasteiger partial charge in [-0.1, -0.05) is 18.2 Å². The van der Waals surface area contributed by atoms with Gasteiger partial charge in [-0.25, -0.2) is 14.9 Å². The molecule has 0 bridgehead atoms. The first-order valence-corrected chi connectivity index (χ1v) is 8.72. The van der Waals surface area contributed by atoms with E-state index in [0.29, 0.717) is 24.7 Å². The van der Waals surface area contributed by atoms with Crippen LogP contribution in [0.3, 0.4) is 0 Å². The second-order valence-corrected chi connectivity index (χ2v) is 7.04. The maximum Gasteiger partial charge on any atom is 0.239 e. The fraction of sp³-hybridized carbons (Fsp3) is 0.368. The molecule has 3 aliphatic rings. The minimum atomic E-state index is -0.285. The maximum absolute atomic E-state index is 12.8. The van der Waals surface area contributed by atoms with Crippen molar-refractivity contribution in [1.29, 1.82) is 0 Å². The van der Waals surface area contributed by atoms with Crippen LogP contribution in [-0.2, 0) is 9.59 Å². The molecule has 2 aliphatic heterocycles. The van der Waals surface area contributed by atoms with Gasteiger partial charge in [0.05, 0.1) is 17.5 Å². The van der Waals surface area contributed by atoms with Crippen LogP contribution in [0, 0.1) is 11.8 Å². The molecule has 1 aromatic carbocycles. The van der Waals surface area contributed by atoms with Gasteiger partial charge >= 0.3 is 0 Å². The molecule has 1 saturated carbocycles. The highest BCUT2D eigenvalue weighted by Crippen LogP contribution is 2.41. The molecular weight excluding hydrogens is 316 g/mol. The lowest BCUT2D eigenvalue weighted by molar-refractivity contribution is -0.122. The lowest BCUT2D eigenvalue weighted by atomic mass is 10.00. The smallest absolute Gasteiger partial charge is 0.239 e. The Kier molecular flexibility index (Phi) is 3.13. The number of carbonyl (C=O) groups is 2. The van der Waals surface area contributed by atoms with Gasteiger partial charge in [0.25, 0.3) is 0 Å². The van der Waals surface area contributed by atoms with Crippen molar-refractivity contribution in [2.24, 2.45) is 11.8 Å². The quantitative estimate of drug-likeness (QED) is 0.803. The fourth-order valence-electron chi connectivity index (χ4n) is 3.90. The molecule has 6 heteroatoms. The predicted octanol–water partition coefficient (Wildman–Crippen LogP) is 1.98. The Hall–Kier alpha value is -2.76. The van der Waals surface area contributed by atoms with Crippen molar-refractivity contribution in [2.45, 2.75) is 18.8 Å². The van der Waals surface area contributed by atoms with Crippen LogP contribution >= 0.6 is 0 Å². The maximum atomic E-state index is 12.8. The van der Waals surface area contributed by atoms with Crippen molar-refractivity contribution >= 4 is 23.3 Å². The van der Waals surface area contributed by atoms with Gasteiger partial charge in [-0.15, -0.1) is 0 Å². The van der Waals surface area contributed by atoms with E-state index < -0.39 is 0 Å². The number of aromatic nitrogens is 2. The standard InChI is InChI=1S/C19H18N4O2/c24-18-14-9-22(17-8-16(12-6-7-12)20-11-21-17)10-15(14)19(25)23(18)13-4-2-1-3-5-13/h1-5,8,11-12,14-15H,6-7,9-10H2. The Morgan fingerprint density at radius 2 is 1.60 bits per heavy atom. The van der Waals surface area contributed by atoms with Crippen LogP contribution in [0.25, 0.3) is 0 Å². The number of carbonyl (C=O) groups excluding carboxylic acids is 2. The third kappa shape index (κ3) is 2.32. The summed E-state index contributed by atoms with van der Waals surface area (Å²) in [4.78, 5) is 37.7. The van der Waals surface area contributed by atoms with Crippen LogP contribution in [0.15, 0.2) is 42.7 Å². The Bertz CT molecular complexity index is 826. The number of amides is 2. The molecule has 0 radical (unpaired) electrons. The molecule has 2 aromatic rings. The molecule has 1 aliphatic carbocycles. The molecule has 6 nitrogen and oxygen atoms in total. The molecule has 2 unspecified atom stereocenters. The number of nitrogens with zero attached hydrogens (tertiary/aromatic N) is 4. The Morgan fingerprint density at radius 1 is 0.920 bits per heavy atom. The zero-order chi connectivity index (χ0) is 17.0. The molecule has 5 rings (SSSR count). The molecule has 0 spiro atoms. The van der Waals surface area contributed by atoms with E-state index in [2.05, 4.69) is 14.9 Å². The summed E-state index contributed by atoms with van der Waals surface area (Å²) < 4.78 is 0. The van der Waals surface area contributed by atoms with Crippen LogP contribution in [0.5, 0.6) is 0 Å². The van der Waals surface area contributed by atoms with Gasteiger partial charge < -0.3 is 4.90 Å². The third-order valence-corrected chi connectivity index (χ3v) is 5.40. The fourth-order valence-corrected chi connectivity index (χ4v) is 3.90. The van der Waals surface area contributed by atoms with Gasteiger partial charge in [-0.05, 0) is 25.0 Å². The monoisotopic (exact) mass is 334 g/mol. The first kappa shape index (κ1) is 14.6. The van der Waals surface area contributed by atoms with E-state index in [4.69, 9.17) is 0 Å². The summed E-state index contributed by atoms with van der Waals surface area (Å²) in [6.07, 6.45) is 3.96. The molecule has 3 fully saturated rings. The van der Waals surface area contributed by atoms with Gasteiger partial charge in [0.1, 0.15) is 12.1 Å². The zero-order valence-corrected chi connectivity index (χ0v) is 13.7. The SMILES string of the molecule is O=C1C2CN(c3cc(C4CC4)ncn3)CC2C(=O)N1c1ccccc1. The average Bonchev–Trinajstić information content (AvgIpc) is 3.35. The van der Waals surface area contributed by atoms with Crippen LogP contribution in [0.2, 0.25) is 0 Å². The van der Waals surface area contributed by atoms with Gasteiger partial charge in [0.15, 0.2) is 0 Å². The minimum absolute atomic E-state index is 0.0971. The van der Waals surface area contributed by atoms with Gasteiger partial charge in [-0.2, -0.15) is 0 Å². The molecule has 2 atom stereocenters. The highest BCUT2D eigenvalue weighted by Gasteiger charge is 2.53. The van der Waals surface area contributed by atoms with Crippen molar-refractivity contribution in [3.8, 4) is 0 Å². The number of benzene rings is 1. The Balaban J connectivity index is 1.39. The number of imide groups is 1. The molecule has 1 aromatic heterocycles. The average molecular weight is 334 g/mol. The van der Waals surface area contributed by atoms with Gasteiger partial charge in [0, 0.05) is 30.8 Å². The summed E-state index contributed by atoms with van der Waals surface area (Å²) in [5, 5.41) is 0. The molecule has 0 N–H and O–H groups in total. The van der Waals surface area contributed by atoms with E-state index in [-0.39, 0.29) is 23.7 Å². The molecular formula is C19H18N4O2. The number of rotatable bonds is 3. The Morgan fingerprint density at radius 3 is 2.24 bits per heavy atom. The van der Waals surface area contributed by atoms with E-state index in [1.165, 1.54) is 17.7 Å². The van der Waals surface area contributed by atoms with Crippen molar-refractivity contribution in [2.75, 3.05) is 22.9 Å². The molecule has 126 valence electrons. The van der Waals surface area contributed by atoms with Crippen molar-refractivity contribution in [3.63, 3.8) is 0 Å². The topological polar surface area (TPSA) is 66.4 Å². The van der Waals surface area contributed by atoms with E-state index in [9.17, 15) is 9.59 Å². The summed E-state index contributed by atoms with van der Waals surface area (Å²) in [6, 6.07) is 11.2. The number of para-hydroxylation sites is 1. The lowest BCUT2D eigenvalue weighted by Gasteiger charge is -2.21. The highest BCUT2D eigenvalue weighted by atomic mass is 16.2.